The van der Waals surface area contributed by atoms with Gasteiger partial charge in [0, 0.05) is 11.3 Å². The molecule has 0 radical (unpaired) electrons. The van der Waals surface area contributed by atoms with Gasteiger partial charge in [0.25, 0.3) is 5.91 Å². The lowest BCUT2D eigenvalue weighted by Gasteiger charge is -2.30. The monoisotopic (exact) mass is 608 g/mol. The molecule has 0 saturated carbocycles. The number of nitrogens with zero attached hydrogens (tertiary/aromatic N) is 1. The van der Waals surface area contributed by atoms with E-state index in [4.69, 9.17) is 26.4 Å². The van der Waals surface area contributed by atoms with Gasteiger partial charge in [-0.15, -0.1) is 0 Å². The summed E-state index contributed by atoms with van der Waals surface area (Å²) in [6.07, 6.45) is 1.54. The molecule has 4 aromatic rings. The largest absolute Gasteiger partial charge is 0.489 e. The van der Waals surface area contributed by atoms with E-state index in [9.17, 15) is 9.59 Å². The molecule has 10 heteroatoms. The van der Waals surface area contributed by atoms with Gasteiger partial charge in [-0.2, -0.15) is 5.10 Å². The van der Waals surface area contributed by atoms with Crippen LogP contribution in [-0.4, -0.2) is 36.4 Å². The fourth-order valence-electron chi connectivity index (χ4n) is 4.76. The Morgan fingerprint density at radius 3 is 2.50 bits per heavy atom. The molecular weight excluding hydrogens is 576 g/mol. The minimum Gasteiger partial charge on any atom is -0.489 e. The Kier molecular flexibility index (Phi) is 9.83. The molecule has 44 heavy (non-hydrogen) atoms. The molecule has 1 atom stereocenters. The predicted octanol–water partition coefficient (Wildman–Crippen LogP) is 5.30. The summed E-state index contributed by atoms with van der Waals surface area (Å²) in [6, 6.07) is 28.4. The molecule has 9 nitrogen and oxygen atoms in total. The first-order valence-corrected chi connectivity index (χ1v) is 14.5. The summed E-state index contributed by atoms with van der Waals surface area (Å²) in [5, 5.41) is 12.9. The third-order valence-corrected chi connectivity index (χ3v) is 7.08. The number of fused-ring (bicyclic) bond motifs is 1. The van der Waals surface area contributed by atoms with Crippen LogP contribution in [0.2, 0.25) is 0 Å². The average molecular weight is 609 g/mol. The van der Waals surface area contributed by atoms with Crippen LogP contribution in [0.3, 0.4) is 0 Å². The van der Waals surface area contributed by atoms with Crippen LogP contribution >= 0.6 is 12.2 Å². The van der Waals surface area contributed by atoms with Crippen LogP contribution in [0.25, 0.3) is 10.8 Å². The quantitative estimate of drug-likeness (QED) is 0.0911. The number of ether oxygens (including phenoxy) is 3. The number of hydrogen-bond acceptors (Lipinski definition) is 7. The summed E-state index contributed by atoms with van der Waals surface area (Å²) in [4.78, 5) is 25.2. The molecule has 0 unspecified atom stereocenters. The first kappa shape index (κ1) is 30.2. The Morgan fingerprint density at radius 1 is 0.955 bits per heavy atom. The molecule has 0 saturated heterocycles. The number of hydrogen-bond donors (Lipinski definition) is 3. The van der Waals surface area contributed by atoms with E-state index in [2.05, 4.69) is 51.5 Å². The highest BCUT2D eigenvalue weighted by molar-refractivity contribution is 7.80. The van der Waals surface area contributed by atoms with Gasteiger partial charge in [-0.1, -0.05) is 54.6 Å². The van der Waals surface area contributed by atoms with Gasteiger partial charge in [-0.05, 0) is 84.4 Å². The maximum Gasteiger partial charge on any atom is 0.338 e. The molecule has 0 aliphatic carbocycles. The molecule has 1 heterocycles. The van der Waals surface area contributed by atoms with Gasteiger partial charge in [0.1, 0.15) is 18.1 Å². The van der Waals surface area contributed by atoms with Crippen molar-refractivity contribution in [2.24, 2.45) is 5.10 Å². The first-order valence-electron chi connectivity index (χ1n) is 14.1. The van der Waals surface area contributed by atoms with Crippen LogP contribution in [0.1, 0.15) is 36.6 Å². The van der Waals surface area contributed by atoms with Crippen LogP contribution in [0, 0.1) is 0 Å². The number of nitrogens with one attached hydrogen (secondary N) is 3. The Morgan fingerprint density at radius 2 is 1.70 bits per heavy atom. The summed E-state index contributed by atoms with van der Waals surface area (Å²) in [5.41, 5.74) is 5.96. The SMILES string of the molecule is CCOC(=O)C1=C(C)NC(=S)N[C@H]1c1ccccc1OCC(=O)NN=Cc1ccc(OCc2ccc3ccccc3c2)cc1. The van der Waals surface area contributed by atoms with Crippen LogP contribution in [0.5, 0.6) is 11.5 Å². The van der Waals surface area contributed by atoms with Crippen molar-refractivity contribution in [3.8, 4) is 11.5 Å². The molecule has 4 aromatic carbocycles. The van der Waals surface area contributed by atoms with Crippen molar-refractivity contribution in [3.63, 3.8) is 0 Å². The number of esters is 1. The highest BCUT2D eigenvalue weighted by atomic mass is 32.1. The molecule has 0 bridgehead atoms. The van der Waals surface area contributed by atoms with Gasteiger partial charge in [0.15, 0.2) is 11.7 Å². The first-order chi connectivity index (χ1) is 21.4. The Hall–Kier alpha value is -5.22. The van der Waals surface area contributed by atoms with Crippen LogP contribution in [0.4, 0.5) is 0 Å². The van der Waals surface area contributed by atoms with E-state index in [0.29, 0.717) is 34.3 Å². The number of benzene rings is 4. The second kappa shape index (κ2) is 14.3. The third-order valence-electron chi connectivity index (χ3n) is 6.86. The van der Waals surface area contributed by atoms with E-state index in [1.807, 2.05) is 42.5 Å². The molecule has 224 valence electrons. The van der Waals surface area contributed by atoms with Crippen molar-refractivity contribution >= 4 is 46.2 Å². The zero-order chi connectivity index (χ0) is 30.9. The van der Waals surface area contributed by atoms with E-state index in [0.717, 1.165) is 16.9 Å². The molecule has 0 fully saturated rings. The summed E-state index contributed by atoms with van der Waals surface area (Å²) in [5.74, 6) is 0.232. The normalized spacial score (nSPS) is 14.6. The standard InChI is InChI=1S/C34H32N4O5S/c1-3-41-33(40)31-22(2)36-34(44)37-32(31)28-10-6-7-11-29(28)43-21-30(39)38-35-19-23-13-16-27(17-14-23)42-20-24-12-15-25-8-4-5-9-26(25)18-24/h4-19,32H,3,20-21H2,1-2H3,(H,38,39)(H2,36,37,44)/t32-/m0/s1. The maximum atomic E-state index is 12.7. The summed E-state index contributed by atoms with van der Waals surface area (Å²) in [7, 11) is 0. The maximum absolute atomic E-state index is 12.7. The van der Waals surface area contributed by atoms with Gasteiger partial charge in [0.2, 0.25) is 0 Å². The van der Waals surface area contributed by atoms with E-state index >= 15 is 0 Å². The Bertz CT molecular complexity index is 1740. The fraction of sp³-hybridized carbons (Fsp3) is 0.176. The second-order valence-corrected chi connectivity index (χ2v) is 10.4. The highest BCUT2D eigenvalue weighted by Gasteiger charge is 2.32. The van der Waals surface area contributed by atoms with E-state index in [-0.39, 0.29) is 13.2 Å². The minimum absolute atomic E-state index is 0.232. The van der Waals surface area contributed by atoms with Crippen molar-refractivity contribution in [1.29, 1.82) is 0 Å². The van der Waals surface area contributed by atoms with Crippen LogP contribution in [0.15, 0.2) is 107 Å². The molecular formula is C34H32N4O5S. The molecule has 1 amide bonds. The number of hydrazone groups is 1. The molecule has 3 N–H and O–H groups in total. The van der Waals surface area contributed by atoms with Crippen LogP contribution < -0.4 is 25.5 Å². The Labute approximate surface area is 260 Å². The number of amides is 1. The van der Waals surface area contributed by atoms with Gasteiger partial charge >= 0.3 is 5.97 Å². The van der Waals surface area contributed by atoms with Gasteiger partial charge < -0.3 is 24.8 Å². The minimum atomic E-state index is -0.611. The van der Waals surface area contributed by atoms with Crippen molar-refractivity contribution in [2.45, 2.75) is 26.5 Å². The molecule has 1 aliphatic rings. The zero-order valence-corrected chi connectivity index (χ0v) is 25.1. The molecule has 5 rings (SSSR count). The third kappa shape index (κ3) is 7.59. The molecule has 0 spiro atoms. The lowest BCUT2D eigenvalue weighted by molar-refractivity contribution is -0.139. The number of para-hydroxylation sites is 1. The summed E-state index contributed by atoms with van der Waals surface area (Å²) < 4.78 is 17.0. The van der Waals surface area contributed by atoms with Crippen LogP contribution in [-0.2, 0) is 20.9 Å². The number of allylic oxidation sites excluding steroid dienone is 1. The highest BCUT2D eigenvalue weighted by Crippen LogP contribution is 2.33. The van der Waals surface area contributed by atoms with Gasteiger partial charge in [0.05, 0.1) is 24.4 Å². The zero-order valence-electron chi connectivity index (χ0n) is 24.3. The topological polar surface area (TPSA) is 110 Å². The number of rotatable bonds is 11. The lowest BCUT2D eigenvalue weighted by atomic mass is 9.95. The fourth-order valence-corrected chi connectivity index (χ4v) is 5.03. The van der Waals surface area contributed by atoms with Crippen molar-refractivity contribution < 1.29 is 23.8 Å². The van der Waals surface area contributed by atoms with Gasteiger partial charge in [-0.3, -0.25) is 4.79 Å². The summed E-state index contributed by atoms with van der Waals surface area (Å²) in [6.45, 7) is 3.90. The van der Waals surface area contributed by atoms with E-state index < -0.39 is 17.9 Å². The predicted molar refractivity (Wildman–Crippen MR) is 173 cm³/mol. The van der Waals surface area contributed by atoms with Gasteiger partial charge in [-0.25, -0.2) is 10.2 Å². The smallest absolute Gasteiger partial charge is 0.338 e. The van der Waals surface area contributed by atoms with Crippen molar-refractivity contribution in [1.82, 2.24) is 16.1 Å². The number of carbonyl (C=O) groups excluding carboxylic acids is 2. The Balaban J connectivity index is 1.14. The van der Waals surface area contributed by atoms with E-state index in [1.54, 1.807) is 32.0 Å². The number of carbonyl (C=O) groups is 2. The van der Waals surface area contributed by atoms with Crippen molar-refractivity contribution in [3.05, 3.63) is 119 Å². The summed E-state index contributed by atoms with van der Waals surface area (Å²) >= 11 is 5.32. The number of thiocarbonyl (C=S) groups is 1. The van der Waals surface area contributed by atoms with Crippen molar-refractivity contribution in [2.75, 3.05) is 13.2 Å². The van der Waals surface area contributed by atoms with E-state index in [1.165, 1.54) is 17.0 Å². The lowest BCUT2D eigenvalue weighted by Crippen LogP contribution is -2.45. The molecule has 0 aromatic heterocycles. The molecule has 1 aliphatic heterocycles. The average Bonchev–Trinajstić information content (AvgIpc) is 3.03. The second-order valence-electron chi connectivity index (χ2n) is 9.95.